The summed E-state index contributed by atoms with van der Waals surface area (Å²) in [6, 6.07) is 5.86. The summed E-state index contributed by atoms with van der Waals surface area (Å²) < 4.78 is 12.7. The van der Waals surface area contributed by atoms with Crippen LogP contribution < -0.4 is 11.1 Å². The molecule has 1 saturated heterocycles. The van der Waals surface area contributed by atoms with Gasteiger partial charge < -0.3 is 14.5 Å². The van der Waals surface area contributed by atoms with Gasteiger partial charge in [0.15, 0.2) is 5.58 Å². The number of benzene rings is 1. The van der Waals surface area contributed by atoms with Crippen molar-refractivity contribution in [2.24, 2.45) is 7.05 Å². The van der Waals surface area contributed by atoms with Crippen LogP contribution in [0.5, 0.6) is 0 Å². The normalized spacial score (nSPS) is 21.2. The molecule has 0 radical (unpaired) electrons. The Balaban J connectivity index is 1.60. The topological polar surface area (TPSA) is 56.4 Å². The first-order valence-electron chi connectivity index (χ1n) is 7.42. The highest BCUT2D eigenvalue weighted by Gasteiger charge is 2.31. The van der Waals surface area contributed by atoms with Crippen molar-refractivity contribution in [2.75, 3.05) is 6.54 Å². The van der Waals surface area contributed by atoms with E-state index >= 15 is 0 Å². The first-order chi connectivity index (χ1) is 9.94. The van der Waals surface area contributed by atoms with E-state index in [1.54, 1.807) is 7.05 Å². The van der Waals surface area contributed by atoms with Gasteiger partial charge in [0.05, 0.1) is 17.2 Å². The van der Waals surface area contributed by atoms with Gasteiger partial charge in [0, 0.05) is 20.1 Å². The molecule has 0 amide bonds. The molecule has 5 heteroatoms. The number of nitrogens with zero attached hydrogens (tertiary/aromatic N) is 1. The van der Waals surface area contributed by atoms with E-state index in [0.29, 0.717) is 11.7 Å². The quantitative estimate of drug-likeness (QED) is 0.937. The van der Waals surface area contributed by atoms with Crippen molar-refractivity contribution in [3.05, 3.63) is 34.3 Å². The zero-order chi connectivity index (χ0) is 15.0. The molecule has 1 aromatic carbocycles. The number of aromatic nitrogens is 1. The third-order valence-corrected chi connectivity index (χ3v) is 4.11. The molecule has 5 nitrogen and oxygen atoms in total. The van der Waals surface area contributed by atoms with E-state index in [4.69, 9.17) is 9.15 Å². The molecule has 114 valence electrons. The van der Waals surface area contributed by atoms with Gasteiger partial charge in [0.1, 0.15) is 0 Å². The average Bonchev–Trinajstić information content (AvgIpc) is 2.90. The summed E-state index contributed by atoms with van der Waals surface area (Å²) in [6.07, 6.45) is 2.51. The zero-order valence-corrected chi connectivity index (χ0v) is 12.8. The molecule has 1 aromatic heterocycles. The number of ether oxygens (including phenoxy) is 1. The number of oxazole rings is 1. The minimum atomic E-state index is -0.323. The molecule has 1 N–H and O–H groups in total. The Labute approximate surface area is 123 Å². The smallest absolute Gasteiger partial charge is 0.408 e. The fraction of sp³-hybridized carbons (Fsp3) is 0.562. The SMILES string of the molecule is Cn1c(=O)oc2cc(CNCC3CCC(C)(C)O3)ccc21. The third kappa shape index (κ3) is 3.04. The second kappa shape index (κ2) is 5.31. The summed E-state index contributed by atoms with van der Waals surface area (Å²) in [5.41, 5.74) is 2.58. The van der Waals surface area contributed by atoms with Crippen LogP contribution in [0.4, 0.5) is 0 Å². The van der Waals surface area contributed by atoms with Crippen LogP contribution in [0.3, 0.4) is 0 Å². The summed E-state index contributed by atoms with van der Waals surface area (Å²) in [7, 11) is 1.71. The molecule has 21 heavy (non-hydrogen) atoms. The highest BCUT2D eigenvalue weighted by molar-refractivity contribution is 5.73. The lowest BCUT2D eigenvalue weighted by Crippen LogP contribution is -2.29. The summed E-state index contributed by atoms with van der Waals surface area (Å²) in [6.45, 7) is 5.87. The van der Waals surface area contributed by atoms with Gasteiger partial charge in [-0.05, 0) is 44.4 Å². The Bertz CT molecular complexity index is 699. The maximum absolute atomic E-state index is 11.5. The molecule has 0 spiro atoms. The predicted octanol–water partition coefficient (Wildman–Crippen LogP) is 2.18. The van der Waals surface area contributed by atoms with Crippen molar-refractivity contribution in [3.8, 4) is 0 Å². The number of nitrogens with one attached hydrogen (secondary N) is 1. The molecule has 0 aliphatic carbocycles. The van der Waals surface area contributed by atoms with Crippen LogP contribution in [0.1, 0.15) is 32.3 Å². The number of hydrogen-bond donors (Lipinski definition) is 1. The lowest BCUT2D eigenvalue weighted by Gasteiger charge is -2.19. The van der Waals surface area contributed by atoms with Crippen molar-refractivity contribution in [3.63, 3.8) is 0 Å². The number of rotatable bonds is 4. The molecular formula is C16H22N2O3. The van der Waals surface area contributed by atoms with Gasteiger partial charge in [0.25, 0.3) is 0 Å². The molecule has 1 aliphatic heterocycles. The second-order valence-corrected chi connectivity index (χ2v) is 6.40. The standard InChI is InChI=1S/C16H22N2O3/c1-16(2)7-6-12(21-16)10-17-9-11-4-5-13-14(8-11)20-15(19)18(13)3/h4-5,8,12,17H,6-7,9-10H2,1-3H3. The van der Waals surface area contributed by atoms with E-state index in [1.165, 1.54) is 4.57 Å². The summed E-state index contributed by atoms with van der Waals surface area (Å²) in [5.74, 6) is -0.323. The maximum atomic E-state index is 11.5. The largest absolute Gasteiger partial charge is 0.419 e. The molecular weight excluding hydrogens is 268 g/mol. The maximum Gasteiger partial charge on any atom is 0.419 e. The van der Waals surface area contributed by atoms with E-state index in [2.05, 4.69) is 19.2 Å². The fourth-order valence-electron chi connectivity index (χ4n) is 2.89. The van der Waals surface area contributed by atoms with E-state index in [-0.39, 0.29) is 11.4 Å². The third-order valence-electron chi connectivity index (χ3n) is 4.11. The van der Waals surface area contributed by atoms with Crippen molar-refractivity contribution in [2.45, 2.75) is 44.9 Å². The lowest BCUT2D eigenvalue weighted by atomic mass is 10.1. The van der Waals surface area contributed by atoms with E-state index in [0.717, 1.165) is 37.0 Å². The second-order valence-electron chi connectivity index (χ2n) is 6.40. The Morgan fingerprint density at radius 3 is 2.95 bits per heavy atom. The van der Waals surface area contributed by atoms with Gasteiger partial charge >= 0.3 is 5.76 Å². The van der Waals surface area contributed by atoms with Gasteiger partial charge in [-0.3, -0.25) is 4.57 Å². The van der Waals surface area contributed by atoms with Gasteiger partial charge in [0.2, 0.25) is 0 Å². The van der Waals surface area contributed by atoms with E-state index < -0.39 is 0 Å². The highest BCUT2D eigenvalue weighted by Crippen LogP contribution is 2.28. The van der Waals surface area contributed by atoms with Crippen molar-refractivity contribution < 1.29 is 9.15 Å². The molecule has 0 saturated carbocycles. The van der Waals surface area contributed by atoms with Gasteiger partial charge in [-0.1, -0.05) is 6.07 Å². The molecule has 1 atom stereocenters. The number of hydrogen-bond acceptors (Lipinski definition) is 4. The molecule has 1 fully saturated rings. The molecule has 1 aliphatic rings. The van der Waals surface area contributed by atoms with Crippen molar-refractivity contribution >= 4 is 11.1 Å². The van der Waals surface area contributed by atoms with Crippen molar-refractivity contribution in [1.29, 1.82) is 0 Å². The first-order valence-corrected chi connectivity index (χ1v) is 7.42. The monoisotopic (exact) mass is 290 g/mol. The molecule has 3 rings (SSSR count). The summed E-state index contributed by atoms with van der Waals surface area (Å²) in [4.78, 5) is 11.5. The minimum Gasteiger partial charge on any atom is -0.408 e. The molecule has 1 unspecified atom stereocenters. The van der Waals surface area contributed by atoms with Crippen LogP contribution in [0.15, 0.2) is 27.4 Å². The van der Waals surface area contributed by atoms with Crippen LogP contribution in [0.25, 0.3) is 11.1 Å². The highest BCUT2D eigenvalue weighted by atomic mass is 16.5. The number of fused-ring (bicyclic) bond motifs is 1. The van der Waals surface area contributed by atoms with Crippen LogP contribution >= 0.6 is 0 Å². The average molecular weight is 290 g/mol. The van der Waals surface area contributed by atoms with Gasteiger partial charge in [-0.15, -0.1) is 0 Å². The Hall–Kier alpha value is -1.59. The first kappa shape index (κ1) is 14.4. The van der Waals surface area contributed by atoms with Crippen LogP contribution in [0.2, 0.25) is 0 Å². The summed E-state index contributed by atoms with van der Waals surface area (Å²) in [5, 5.41) is 3.42. The van der Waals surface area contributed by atoms with Gasteiger partial charge in [-0.2, -0.15) is 0 Å². The Morgan fingerprint density at radius 2 is 2.24 bits per heavy atom. The van der Waals surface area contributed by atoms with Crippen molar-refractivity contribution in [1.82, 2.24) is 9.88 Å². The fourth-order valence-corrected chi connectivity index (χ4v) is 2.89. The Morgan fingerprint density at radius 1 is 1.43 bits per heavy atom. The Kier molecular flexibility index (Phi) is 3.63. The number of aryl methyl sites for hydroxylation is 1. The predicted molar refractivity (Wildman–Crippen MR) is 81.3 cm³/mol. The van der Waals surface area contributed by atoms with E-state index in [9.17, 15) is 4.79 Å². The van der Waals surface area contributed by atoms with Crippen LogP contribution in [-0.2, 0) is 18.3 Å². The minimum absolute atomic E-state index is 0.0126. The molecule has 2 aromatic rings. The molecule has 0 bridgehead atoms. The molecule has 2 heterocycles. The lowest BCUT2D eigenvalue weighted by molar-refractivity contribution is -0.0142. The zero-order valence-electron chi connectivity index (χ0n) is 12.8. The van der Waals surface area contributed by atoms with Crippen LogP contribution in [0, 0.1) is 0 Å². The summed E-state index contributed by atoms with van der Waals surface area (Å²) >= 11 is 0. The van der Waals surface area contributed by atoms with E-state index in [1.807, 2.05) is 18.2 Å². The van der Waals surface area contributed by atoms with Crippen LogP contribution in [-0.4, -0.2) is 22.8 Å². The van der Waals surface area contributed by atoms with Gasteiger partial charge in [-0.25, -0.2) is 4.79 Å².